The van der Waals surface area contributed by atoms with Crippen LogP contribution in [0, 0.1) is 6.92 Å². The number of pyridine rings is 1. The van der Waals surface area contributed by atoms with Crippen LogP contribution in [0.1, 0.15) is 28.5 Å². The Kier molecular flexibility index (Phi) is 3.44. The zero-order valence-corrected chi connectivity index (χ0v) is 12.0. The summed E-state index contributed by atoms with van der Waals surface area (Å²) in [5.41, 5.74) is 3.66. The zero-order valence-electron chi connectivity index (χ0n) is 12.0. The Morgan fingerprint density at radius 3 is 2.71 bits per heavy atom. The Morgan fingerprint density at radius 1 is 1.24 bits per heavy atom. The van der Waals surface area contributed by atoms with Crippen LogP contribution in [0.25, 0.3) is 5.65 Å². The van der Waals surface area contributed by atoms with E-state index in [9.17, 15) is 4.79 Å². The normalized spacial score (nSPS) is 10.8. The van der Waals surface area contributed by atoms with Crippen molar-refractivity contribution in [2.75, 3.05) is 0 Å². The summed E-state index contributed by atoms with van der Waals surface area (Å²) in [7, 11) is 0. The van der Waals surface area contributed by atoms with E-state index < -0.39 is 0 Å². The number of aryl methyl sites for hydroxylation is 1. The summed E-state index contributed by atoms with van der Waals surface area (Å²) in [6.07, 6.45) is 3.95. The van der Waals surface area contributed by atoms with Crippen LogP contribution in [0.4, 0.5) is 0 Å². The van der Waals surface area contributed by atoms with Crippen molar-refractivity contribution in [1.82, 2.24) is 9.38 Å². The minimum absolute atomic E-state index is 0.0530. The third-order valence-electron chi connectivity index (χ3n) is 3.31. The summed E-state index contributed by atoms with van der Waals surface area (Å²) < 4.78 is 7.68. The molecule has 4 nitrogen and oxygen atoms in total. The van der Waals surface area contributed by atoms with Crippen LogP contribution in [-0.2, 0) is 6.61 Å². The Hall–Kier alpha value is -2.62. The summed E-state index contributed by atoms with van der Waals surface area (Å²) in [5.74, 6) is 0.783. The summed E-state index contributed by atoms with van der Waals surface area (Å²) in [5, 5.41) is 0. The van der Waals surface area contributed by atoms with Crippen molar-refractivity contribution in [2.24, 2.45) is 0 Å². The molecule has 2 heterocycles. The largest absolute Gasteiger partial charge is 0.487 e. The minimum atomic E-state index is 0.0530. The van der Waals surface area contributed by atoms with Gasteiger partial charge < -0.3 is 9.14 Å². The van der Waals surface area contributed by atoms with Crippen LogP contribution in [0.15, 0.2) is 48.8 Å². The van der Waals surface area contributed by atoms with Gasteiger partial charge in [0.05, 0.1) is 5.69 Å². The maximum Gasteiger partial charge on any atom is 0.159 e. The Labute approximate surface area is 123 Å². The minimum Gasteiger partial charge on any atom is -0.487 e. The van der Waals surface area contributed by atoms with E-state index in [2.05, 4.69) is 4.98 Å². The summed E-state index contributed by atoms with van der Waals surface area (Å²) in [4.78, 5) is 15.7. The lowest BCUT2D eigenvalue weighted by Crippen LogP contribution is -1.96. The van der Waals surface area contributed by atoms with Crippen LogP contribution in [0.2, 0.25) is 0 Å². The van der Waals surface area contributed by atoms with Crippen LogP contribution in [0.5, 0.6) is 5.75 Å². The number of carbonyl (C=O) groups is 1. The van der Waals surface area contributed by atoms with E-state index in [1.165, 1.54) is 5.56 Å². The van der Waals surface area contributed by atoms with Gasteiger partial charge in [-0.2, -0.15) is 0 Å². The highest BCUT2D eigenvalue weighted by atomic mass is 16.5. The first-order valence-corrected chi connectivity index (χ1v) is 6.80. The van der Waals surface area contributed by atoms with Crippen molar-refractivity contribution in [2.45, 2.75) is 20.5 Å². The van der Waals surface area contributed by atoms with E-state index in [1.807, 2.05) is 35.9 Å². The molecule has 0 bridgehead atoms. The highest BCUT2D eigenvalue weighted by Gasteiger charge is 2.04. The van der Waals surface area contributed by atoms with Crippen molar-refractivity contribution in [3.63, 3.8) is 0 Å². The van der Waals surface area contributed by atoms with Crippen LogP contribution >= 0.6 is 0 Å². The molecule has 0 aliphatic carbocycles. The van der Waals surface area contributed by atoms with E-state index in [-0.39, 0.29) is 5.78 Å². The molecular weight excluding hydrogens is 264 g/mol. The molecule has 0 aliphatic heterocycles. The molecule has 0 amide bonds. The Balaban J connectivity index is 1.72. The fourth-order valence-electron chi connectivity index (χ4n) is 2.15. The van der Waals surface area contributed by atoms with Crippen molar-refractivity contribution >= 4 is 11.4 Å². The van der Waals surface area contributed by atoms with Gasteiger partial charge in [0.25, 0.3) is 0 Å². The molecule has 0 aliphatic rings. The fourth-order valence-corrected chi connectivity index (χ4v) is 2.15. The van der Waals surface area contributed by atoms with Gasteiger partial charge in [0.2, 0.25) is 0 Å². The molecule has 21 heavy (non-hydrogen) atoms. The number of hydrogen-bond donors (Lipinski definition) is 0. The van der Waals surface area contributed by atoms with E-state index in [0.29, 0.717) is 12.2 Å². The molecule has 0 unspecified atom stereocenters. The average molecular weight is 280 g/mol. The average Bonchev–Trinajstić information content (AvgIpc) is 2.87. The molecule has 0 spiro atoms. The molecule has 106 valence electrons. The molecule has 3 rings (SSSR count). The molecule has 0 saturated heterocycles. The van der Waals surface area contributed by atoms with Gasteiger partial charge >= 0.3 is 0 Å². The van der Waals surface area contributed by atoms with Gasteiger partial charge in [-0.15, -0.1) is 0 Å². The van der Waals surface area contributed by atoms with E-state index >= 15 is 0 Å². The van der Waals surface area contributed by atoms with Gasteiger partial charge in [-0.3, -0.25) is 4.79 Å². The highest BCUT2D eigenvalue weighted by molar-refractivity contribution is 5.94. The topological polar surface area (TPSA) is 43.6 Å². The second-order valence-electron chi connectivity index (χ2n) is 5.07. The Morgan fingerprint density at radius 2 is 2.00 bits per heavy atom. The van der Waals surface area contributed by atoms with Crippen molar-refractivity contribution < 1.29 is 9.53 Å². The molecule has 0 fully saturated rings. The number of hydrogen-bond acceptors (Lipinski definition) is 3. The van der Waals surface area contributed by atoms with E-state index in [4.69, 9.17) is 4.74 Å². The number of ketones is 1. The number of ether oxygens (including phenoxy) is 1. The standard InChI is InChI=1S/C17H16N2O2/c1-12-7-8-19-10-15(18-17(19)9-12)11-21-16-5-3-14(4-6-16)13(2)20/h3-10H,11H2,1-2H3. The van der Waals surface area contributed by atoms with Gasteiger partial charge in [-0.25, -0.2) is 4.98 Å². The van der Waals surface area contributed by atoms with Gasteiger partial charge in [-0.05, 0) is 55.8 Å². The number of rotatable bonds is 4. The van der Waals surface area contributed by atoms with Gasteiger partial charge in [0, 0.05) is 18.0 Å². The molecule has 0 N–H and O–H groups in total. The van der Waals surface area contributed by atoms with Crippen molar-refractivity contribution in [3.8, 4) is 5.75 Å². The SMILES string of the molecule is CC(=O)c1ccc(OCc2cn3ccc(C)cc3n2)cc1. The molecule has 4 heteroatoms. The molecule has 3 aromatic rings. The fraction of sp³-hybridized carbons (Fsp3) is 0.176. The quantitative estimate of drug-likeness (QED) is 0.688. The summed E-state index contributed by atoms with van der Waals surface area (Å²) in [6, 6.07) is 11.2. The lowest BCUT2D eigenvalue weighted by molar-refractivity contribution is 0.101. The molecule has 1 aromatic carbocycles. The van der Waals surface area contributed by atoms with Crippen LogP contribution < -0.4 is 4.74 Å². The van der Waals surface area contributed by atoms with Crippen molar-refractivity contribution in [3.05, 3.63) is 65.6 Å². The first kappa shape index (κ1) is 13.4. The molecule has 0 saturated carbocycles. The van der Waals surface area contributed by atoms with Crippen LogP contribution in [-0.4, -0.2) is 15.2 Å². The maximum absolute atomic E-state index is 11.2. The number of fused-ring (bicyclic) bond motifs is 1. The predicted molar refractivity (Wildman–Crippen MR) is 80.7 cm³/mol. The predicted octanol–water partition coefficient (Wildman–Crippen LogP) is 3.42. The monoisotopic (exact) mass is 280 g/mol. The number of Topliss-reactive ketones (excluding diaryl/α,β-unsaturated/α-hetero) is 1. The van der Waals surface area contributed by atoms with E-state index in [0.717, 1.165) is 17.1 Å². The van der Waals surface area contributed by atoms with Crippen LogP contribution in [0.3, 0.4) is 0 Å². The number of aromatic nitrogens is 2. The van der Waals surface area contributed by atoms with Gasteiger partial charge in [0.1, 0.15) is 18.0 Å². The maximum atomic E-state index is 11.2. The van der Waals surface area contributed by atoms with Crippen molar-refractivity contribution in [1.29, 1.82) is 0 Å². The molecule has 2 aromatic heterocycles. The highest BCUT2D eigenvalue weighted by Crippen LogP contribution is 2.15. The molecule has 0 atom stereocenters. The van der Waals surface area contributed by atoms with E-state index in [1.54, 1.807) is 31.2 Å². The zero-order chi connectivity index (χ0) is 14.8. The van der Waals surface area contributed by atoms with Gasteiger partial charge in [0.15, 0.2) is 5.78 Å². The summed E-state index contributed by atoms with van der Waals surface area (Å²) >= 11 is 0. The number of carbonyl (C=O) groups excluding carboxylic acids is 1. The Bertz CT molecular complexity index is 788. The number of nitrogens with zero attached hydrogens (tertiary/aromatic N) is 2. The lowest BCUT2D eigenvalue weighted by Gasteiger charge is -2.04. The second-order valence-corrected chi connectivity index (χ2v) is 5.07. The number of benzene rings is 1. The lowest BCUT2D eigenvalue weighted by atomic mass is 10.1. The van der Waals surface area contributed by atoms with Gasteiger partial charge in [-0.1, -0.05) is 0 Å². The molecular formula is C17H16N2O2. The smallest absolute Gasteiger partial charge is 0.159 e. The first-order valence-electron chi connectivity index (χ1n) is 6.80. The molecule has 0 radical (unpaired) electrons. The first-order chi connectivity index (χ1) is 10.1. The second kappa shape index (κ2) is 5.40. The third kappa shape index (κ3) is 2.94. The number of imidazole rings is 1. The summed E-state index contributed by atoms with van der Waals surface area (Å²) in [6.45, 7) is 4.00. The third-order valence-corrected chi connectivity index (χ3v) is 3.31.